The Hall–Kier alpha value is -1.55. The quantitative estimate of drug-likeness (QED) is 0.451. The minimum atomic E-state index is -1.07. The van der Waals surface area contributed by atoms with E-state index in [1.54, 1.807) is 6.92 Å². The number of nitrogens with one attached hydrogen (secondary N) is 1. The molecule has 2 aromatic carbocycles. The number of carbonyl (C=O) groups is 3. The Morgan fingerprint density at radius 1 is 1.03 bits per heavy atom. The summed E-state index contributed by atoms with van der Waals surface area (Å²) in [4.78, 5) is 37.9. The molecule has 3 N–H and O–H groups in total. The number of hydrogen-bond acceptors (Lipinski definition) is 4. The van der Waals surface area contributed by atoms with Gasteiger partial charge in [0.05, 0.1) is 6.04 Å². The first kappa shape index (κ1) is 25.7. The van der Waals surface area contributed by atoms with Crippen molar-refractivity contribution in [3.63, 3.8) is 0 Å². The van der Waals surface area contributed by atoms with Gasteiger partial charge in [0, 0.05) is 13.0 Å². The molecule has 3 atom stereocenters. The standard InChI is InChI=1S/C23H26N2O5.K/c1-15(24-19(22(27)28)12-11-16-7-3-2-4-8-16)21(26)25-14-18-10-6-5-9-17(18)13-20(25)23(29)30;/h2-10,15,19-20,24H,11-14H2,1H3,(H,27,28)(H,29,30);/q;+1/t15-,19-,20-;/m0./s1. The van der Waals surface area contributed by atoms with E-state index in [1.165, 1.54) is 4.90 Å². The van der Waals surface area contributed by atoms with Gasteiger partial charge < -0.3 is 15.1 Å². The van der Waals surface area contributed by atoms with E-state index in [-0.39, 0.29) is 64.4 Å². The molecule has 0 saturated heterocycles. The molecule has 7 nitrogen and oxygen atoms in total. The Morgan fingerprint density at radius 2 is 1.65 bits per heavy atom. The summed E-state index contributed by atoms with van der Waals surface area (Å²) in [6.07, 6.45) is 1.11. The van der Waals surface area contributed by atoms with Crippen LogP contribution in [0.2, 0.25) is 0 Å². The van der Waals surface area contributed by atoms with Crippen molar-refractivity contribution in [3.05, 3.63) is 71.3 Å². The van der Waals surface area contributed by atoms with Gasteiger partial charge in [0.2, 0.25) is 5.91 Å². The van der Waals surface area contributed by atoms with Crippen LogP contribution in [0.3, 0.4) is 0 Å². The third-order valence-electron chi connectivity index (χ3n) is 5.50. The SMILES string of the molecule is C[C@H](N[C@@H](CCc1ccccc1)C(=O)O)C(=O)N1Cc2ccccc2C[C@H]1C(=O)O.[K+]. The first-order chi connectivity index (χ1) is 14.4. The van der Waals surface area contributed by atoms with Crippen LogP contribution < -0.4 is 56.7 Å². The topological polar surface area (TPSA) is 107 Å². The summed E-state index contributed by atoms with van der Waals surface area (Å²) in [6.45, 7) is 1.78. The first-order valence-corrected chi connectivity index (χ1v) is 9.99. The van der Waals surface area contributed by atoms with Crippen LogP contribution in [0.5, 0.6) is 0 Å². The molecule has 0 aliphatic carbocycles. The zero-order valence-electron chi connectivity index (χ0n) is 17.8. The van der Waals surface area contributed by atoms with Crippen molar-refractivity contribution in [3.8, 4) is 0 Å². The predicted molar refractivity (Wildman–Crippen MR) is 111 cm³/mol. The molecule has 0 bridgehead atoms. The number of carbonyl (C=O) groups excluding carboxylic acids is 1. The minimum Gasteiger partial charge on any atom is -0.480 e. The fourth-order valence-electron chi connectivity index (χ4n) is 3.83. The van der Waals surface area contributed by atoms with E-state index in [0.717, 1.165) is 16.7 Å². The summed E-state index contributed by atoms with van der Waals surface area (Å²) < 4.78 is 0. The van der Waals surface area contributed by atoms with Gasteiger partial charge in [0.1, 0.15) is 12.1 Å². The largest absolute Gasteiger partial charge is 1.00 e. The van der Waals surface area contributed by atoms with Crippen LogP contribution in [0.25, 0.3) is 0 Å². The second kappa shape index (κ2) is 11.9. The number of nitrogens with zero attached hydrogens (tertiary/aromatic N) is 1. The molecule has 31 heavy (non-hydrogen) atoms. The van der Waals surface area contributed by atoms with Crippen LogP contribution in [0.15, 0.2) is 54.6 Å². The maximum Gasteiger partial charge on any atom is 1.00 e. The second-order valence-corrected chi connectivity index (χ2v) is 7.60. The Morgan fingerprint density at radius 3 is 2.26 bits per heavy atom. The van der Waals surface area contributed by atoms with Gasteiger partial charge >= 0.3 is 63.3 Å². The van der Waals surface area contributed by atoms with E-state index < -0.39 is 36.0 Å². The number of carboxylic acid groups (broad SMARTS) is 2. The molecule has 0 radical (unpaired) electrons. The van der Waals surface area contributed by atoms with Gasteiger partial charge in [-0.15, -0.1) is 0 Å². The number of rotatable bonds is 8. The van der Waals surface area contributed by atoms with Crippen molar-refractivity contribution < 1.29 is 76.0 Å². The Kier molecular flexibility index (Phi) is 9.86. The second-order valence-electron chi connectivity index (χ2n) is 7.60. The third-order valence-corrected chi connectivity index (χ3v) is 5.50. The summed E-state index contributed by atoms with van der Waals surface area (Å²) in [7, 11) is 0. The van der Waals surface area contributed by atoms with Crippen molar-refractivity contribution in [2.45, 2.75) is 50.9 Å². The van der Waals surface area contributed by atoms with Gasteiger partial charge in [-0.2, -0.15) is 0 Å². The molecule has 1 heterocycles. The summed E-state index contributed by atoms with van der Waals surface area (Å²) in [5.41, 5.74) is 2.85. The van der Waals surface area contributed by atoms with E-state index in [2.05, 4.69) is 5.32 Å². The monoisotopic (exact) mass is 449 g/mol. The van der Waals surface area contributed by atoms with Crippen LogP contribution >= 0.6 is 0 Å². The third kappa shape index (κ3) is 6.71. The maximum atomic E-state index is 13.1. The van der Waals surface area contributed by atoms with Crippen molar-refractivity contribution in [2.24, 2.45) is 0 Å². The average Bonchev–Trinajstić information content (AvgIpc) is 2.75. The number of amides is 1. The van der Waals surface area contributed by atoms with Gasteiger partial charge in [-0.25, -0.2) is 4.79 Å². The van der Waals surface area contributed by atoms with Crippen LogP contribution in [0, 0.1) is 0 Å². The van der Waals surface area contributed by atoms with E-state index in [9.17, 15) is 24.6 Å². The first-order valence-electron chi connectivity index (χ1n) is 9.99. The molecule has 1 aliphatic rings. The number of aliphatic carboxylic acids is 2. The fraction of sp³-hybridized carbons (Fsp3) is 0.348. The Labute approximate surface area is 224 Å². The van der Waals surface area contributed by atoms with Crippen molar-refractivity contribution in [1.82, 2.24) is 10.2 Å². The van der Waals surface area contributed by atoms with Crippen LogP contribution in [-0.2, 0) is 33.8 Å². The van der Waals surface area contributed by atoms with Crippen molar-refractivity contribution in [2.75, 3.05) is 0 Å². The zero-order chi connectivity index (χ0) is 21.7. The summed E-state index contributed by atoms with van der Waals surface area (Å²) >= 11 is 0. The molecule has 0 fully saturated rings. The molecule has 1 amide bonds. The van der Waals surface area contributed by atoms with Crippen LogP contribution in [0.1, 0.15) is 30.0 Å². The molecule has 0 unspecified atom stereocenters. The molecule has 0 saturated carbocycles. The molecule has 2 aromatic rings. The number of benzene rings is 2. The summed E-state index contributed by atoms with van der Waals surface area (Å²) in [5, 5.41) is 22.1. The van der Waals surface area contributed by atoms with Crippen LogP contribution in [-0.4, -0.2) is 51.1 Å². The van der Waals surface area contributed by atoms with Crippen molar-refractivity contribution in [1.29, 1.82) is 0 Å². The maximum absolute atomic E-state index is 13.1. The molecule has 8 heteroatoms. The minimum absolute atomic E-state index is 0. The summed E-state index contributed by atoms with van der Waals surface area (Å²) in [5.74, 6) is -2.52. The van der Waals surface area contributed by atoms with Gasteiger partial charge in [0.25, 0.3) is 0 Å². The van der Waals surface area contributed by atoms with Gasteiger partial charge in [-0.05, 0) is 36.5 Å². The molecule has 3 rings (SSSR count). The molecular formula is C23H26KN2O5+. The van der Waals surface area contributed by atoms with E-state index in [0.29, 0.717) is 12.8 Å². The molecule has 158 valence electrons. The van der Waals surface area contributed by atoms with E-state index in [4.69, 9.17) is 0 Å². The van der Waals surface area contributed by atoms with Gasteiger partial charge in [0.15, 0.2) is 0 Å². The fourth-order valence-corrected chi connectivity index (χ4v) is 3.83. The van der Waals surface area contributed by atoms with E-state index in [1.807, 2.05) is 54.6 Å². The van der Waals surface area contributed by atoms with Crippen LogP contribution in [0.4, 0.5) is 0 Å². The zero-order valence-corrected chi connectivity index (χ0v) is 20.9. The van der Waals surface area contributed by atoms with Gasteiger partial charge in [-0.1, -0.05) is 54.6 Å². The molecule has 0 aromatic heterocycles. The molecule has 1 aliphatic heterocycles. The molecule has 0 spiro atoms. The summed E-state index contributed by atoms with van der Waals surface area (Å²) in [6, 6.07) is 14.3. The Bertz CT molecular complexity index is 921. The smallest absolute Gasteiger partial charge is 0.480 e. The number of carboxylic acids is 2. The Balaban J connectivity index is 0.00000341. The molecular weight excluding hydrogens is 423 g/mol. The normalized spacial score (nSPS) is 17.1. The number of fused-ring (bicyclic) bond motifs is 1. The van der Waals surface area contributed by atoms with Crippen molar-refractivity contribution >= 4 is 17.8 Å². The van der Waals surface area contributed by atoms with Gasteiger partial charge in [-0.3, -0.25) is 14.9 Å². The average molecular weight is 450 g/mol. The predicted octanol–water partition coefficient (Wildman–Crippen LogP) is -0.907. The van der Waals surface area contributed by atoms with E-state index >= 15 is 0 Å². The number of aryl methyl sites for hydroxylation is 1. The number of hydrogen-bond donors (Lipinski definition) is 3.